The number of thiophene rings is 1. The summed E-state index contributed by atoms with van der Waals surface area (Å²) < 4.78 is 0. The highest BCUT2D eigenvalue weighted by Gasteiger charge is 2.16. The average molecular weight is 291 g/mol. The molecule has 2 N–H and O–H groups in total. The van der Waals surface area contributed by atoms with E-state index in [4.69, 9.17) is 5.73 Å². The fourth-order valence-corrected chi connectivity index (χ4v) is 2.46. The maximum atomic E-state index is 12.1. The van der Waals surface area contributed by atoms with Crippen molar-refractivity contribution in [3.8, 4) is 0 Å². The molecule has 1 aromatic heterocycles. The van der Waals surface area contributed by atoms with Crippen LogP contribution in [0.2, 0.25) is 0 Å². The lowest BCUT2D eigenvalue weighted by atomic mass is 10.0. The predicted molar refractivity (Wildman–Crippen MR) is 80.7 cm³/mol. The first-order valence-electron chi connectivity index (χ1n) is 5.98. The van der Waals surface area contributed by atoms with Crippen LogP contribution in [0.15, 0.2) is 11.4 Å². The van der Waals surface area contributed by atoms with Gasteiger partial charge in [0.25, 0.3) is 5.91 Å². The molecule has 104 valence electrons. The molecule has 0 radical (unpaired) electrons. The summed E-state index contributed by atoms with van der Waals surface area (Å²) in [6, 6.07) is 2.14. The Morgan fingerprint density at radius 3 is 2.56 bits per heavy atom. The van der Waals surface area contributed by atoms with Crippen molar-refractivity contribution < 1.29 is 4.79 Å². The van der Waals surface area contributed by atoms with Gasteiger partial charge in [-0.3, -0.25) is 4.79 Å². The molecule has 0 spiro atoms. The summed E-state index contributed by atoms with van der Waals surface area (Å²) in [5, 5.41) is 1.95. The first kappa shape index (κ1) is 17.4. The van der Waals surface area contributed by atoms with E-state index in [0.717, 1.165) is 23.4 Å². The molecule has 0 aromatic carbocycles. The zero-order chi connectivity index (χ0) is 13.0. The predicted octanol–water partition coefficient (Wildman–Crippen LogP) is 2.92. The van der Waals surface area contributed by atoms with Gasteiger partial charge in [-0.15, -0.1) is 23.7 Å². The normalized spacial score (nSPS) is 12.1. The molecule has 1 heterocycles. The van der Waals surface area contributed by atoms with E-state index in [1.807, 2.05) is 25.4 Å². The first-order valence-corrected chi connectivity index (χ1v) is 6.86. The largest absolute Gasteiger partial charge is 0.341 e. The smallest absolute Gasteiger partial charge is 0.263 e. The Hall–Kier alpha value is -0.580. The third-order valence-electron chi connectivity index (χ3n) is 3.06. The zero-order valence-electron chi connectivity index (χ0n) is 11.5. The zero-order valence-corrected chi connectivity index (χ0v) is 13.1. The maximum absolute atomic E-state index is 12.1. The molecular formula is C13H23ClN2OS. The molecule has 5 heteroatoms. The maximum Gasteiger partial charge on any atom is 0.263 e. The molecule has 1 atom stereocenters. The van der Waals surface area contributed by atoms with Crippen LogP contribution in [0.1, 0.15) is 35.5 Å². The van der Waals surface area contributed by atoms with Crippen LogP contribution >= 0.6 is 23.7 Å². The summed E-state index contributed by atoms with van der Waals surface area (Å²) in [4.78, 5) is 14.7. The van der Waals surface area contributed by atoms with Crippen LogP contribution in [0, 0.1) is 12.8 Å². The Bertz CT molecular complexity index is 379. The third kappa shape index (κ3) is 4.59. The molecule has 0 bridgehead atoms. The minimum atomic E-state index is 0. The molecule has 0 aliphatic carbocycles. The van der Waals surface area contributed by atoms with Gasteiger partial charge in [-0.05, 0) is 36.3 Å². The Labute approximate surface area is 120 Å². The van der Waals surface area contributed by atoms with Crippen LogP contribution in [0.4, 0.5) is 0 Å². The third-order valence-corrected chi connectivity index (χ3v) is 4.06. The van der Waals surface area contributed by atoms with Crippen LogP contribution < -0.4 is 5.73 Å². The molecule has 1 aromatic rings. The fourth-order valence-electron chi connectivity index (χ4n) is 1.54. The molecule has 0 saturated carbocycles. The van der Waals surface area contributed by atoms with E-state index in [9.17, 15) is 4.79 Å². The van der Waals surface area contributed by atoms with Crippen LogP contribution in [0.25, 0.3) is 0 Å². The van der Waals surface area contributed by atoms with Gasteiger partial charge in [-0.25, -0.2) is 0 Å². The van der Waals surface area contributed by atoms with Gasteiger partial charge in [0, 0.05) is 19.6 Å². The Morgan fingerprint density at radius 2 is 2.11 bits per heavy atom. The molecule has 1 rings (SSSR count). The van der Waals surface area contributed by atoms with E-state index in [2.05, 4.69) is 13.8 Å². The minimum Gasteiger partial charge on any atom is -0.341 e. The molecule has 3 nitrogen and oxygen atoms in total. The number of halogens is 1. The van der Waals surface area contributed by atoms with Crippen LogP contribution in [0.5, 0.6) is 0 Å². The summed E-state index contributed by atoms with van der Waals surface area (Å²) in [6.07, 6.45) is 0.852. The Balaban J connectivity index is 0.00000289. The lowest BCUT2D eigenvalue weighted by molar-refractivity contribution is 0.0793. The highest BCUT2D eigenvalue weighted by Crippen LogP contribution is 2.17. The van der Waals surface area contributed by atoms with E-state index in [0.29, 0.717) is 5.92 Å². The summed E-state index contributed by atoms with van der Waals surface area (Å²) in [7, 11) is 1.84. The number of hydrogen-bond donors (Lipinski definition) is 1. The fraction of sp³-hybridized carbons (Fsp3) is 0.615. The lowest BCUT2D eigenvalue weighted by Gasteiger charge is -2.21. The second-order valence-electron chi connectivity index (χ2n) is 4.86. The highest BCUT2D eigenvalue weighted by atomic mass is 35.5. The minimum absolute atomic E-state index is 0. The number of hydrogen-bond acceptors (Lipinski definition) is 3. The van der Waals surface area contributed by atoms with Crippen molar-refractivity contribution in [2.75, 3.05) is 13.6 Å². The molecule has 1 unspecified atom stereocenters. The summed E-state index contributed by atoms with van der Waals surface area (Å²) >= 11 is 1.50. The molecule has 0 aliphatic rings. The summed E-state index contributed by atoms with van der Waals surface area (Å²) in [5.41, 5.74) is 7.03. The highest BCUT2D eigenvalue weighted by molar-refractivity contribution is 7.12. The van der Waals surface area contributed by atoms with Crippen molar-refractivity contribution in [2.45, 2.75) is 33.2 Å². The van der Waals surface area contributed by atoms with Crippen LogP contribution in [0.3, 0.4) is 0 Å². The van der Waals surface area contributed by atoms with Gasteiger partial charge in [-0.1, -0.05) is 13.8 Å². The standard InChI is InChI=1S/C13H22N2OS.ClH/c1-9(2)11(14)5-7-15(4)13(16)12-10(3)6-8-17-12;/h6,8-9,11H,5,7,14H2,1-4H3;1H. The van der Waals surface area contributed by atoms with Gasteiger partial charge in [0.1, 0.15) is 0 Å². The molecule has 1 amide bonds. The second kappa shape index (κ2) is 7.77. The molecule has 18 heavy (non-hydrogen) atoms. The molecule has 0 saturated heterocycles. The number of rotatable bonds is 5. The number of nitrogens with two attached hydrogens (primary N) is 1. The van der Waals surface area contributed by atoms with Crippen molar-refractivity contribution in [3.05, 3.63) is 21.9 Å². The number of amides is 1. The van der Waals surface area contributed by atoms with Crippen LogP contribution in [-0.4, -0.2) is 30.4 Å². The van der Waals surface area contributed by atoms with Crippen molar-refractivity contribution in [3.63, 3.8) is 0 Å². The van der Waals surface area contributed by atoms with Gasteiger partial charge >= 0.3 is 0 Å². The van der Waals surface area contributed by atoms with E-state index >= 15 is 0 Å². The van der Waals surface area contributed by atoms with E-state index in [1.54, 1.807) is 4.90 Å². The topological polar surface area (TPSA) is 46.3 Å². The summed E-state index contributed by atoms with van der Waals surface area (Å²) in [6.45, 7) is 6.90. The van der Waals surface area contributed by atoms with Gasteiger partial charge in [-0.2, -0.15) is 0 Å². The lowest BCUT2D eigenvalue weighted by Crippen LogP contribution is -2.34. The first-order chi connectivity index (χ1) is 7.93. The van der Waals surface area contributed by atoms with Crippen molar-refractivity contribution >= 4 is 29.7 Å². The number of nitrogens with zero attached hydrogens (tertiary/aromatic N) is 1. The number of carbonyl (C=O) groups is 1. The van der Waals surface area contributed by atoms with Crippen molar-refractivity contribution in [1.82, 2.24) is 4.90 Å². The molecule has 0 fully saturated rings. The monoisotopic (exact) mass is 290 g/mol. The van der Waals surface area contributed by atoms with Gasteiger partial charge in [0.05, 0.1) is 4.88 Å². The van der Waals surface area contributed by atoms with Gasteiger partial charge < -0.3 is 10.6 Å². The van der Waals surface area contributed by atoms with Crippen molar-refractivity contribution in [1.29, 1.82) is 0 Å². The second-order valence-corrected chi connectivity index (χ2v) is 5.77. The number of aryl methyl sites for hydroxylation is 1. The molecule has 0 aliphatic heterocycles. The van der Waals surface area contributed by atoms with E-state index in [1.165, 1.54) is 11.3 Å². The van der Waals surface area contributed by atoms with Crippen LogP contribution in [-0.2, 0) is 0 Å². The van der Waals surface area contributed by atoms with Gasteiger partial charge in [0.2, 0.25) is 0 Å². The van der Waals surface area contributed by atoms with E-state index in [-0.39, 0.29) is 24.4 Å². The SMILES string of the molecule is Cc1ccsc1C(=O)N(C)CCC(N)C(C)C.Cl. The Morgan fingerprint density at radius 1 is 1.50 bits per heavy atom. The van der Waals surface area contributed by atoms with Gasteiger partial charge in [0.15, 0.2) is 0 Å². The number of carbonyl (C=O) groups excluding carboxylic acids is 1. The van der Waals surface area contributed by atoms with E-state index < -0.39 is 0 Å². The van der Waals surface area contributed by atoms with Crippen molar-refractivity contribution in [2.24, 2.45) is 11.7 Å². The summed E-state index contributed by atoms with van der Waals surface area (Å²) in [5.74, 6) is 0.565. The average Bonchev–Trinajstić information content (AvgIpc) is 2.70. The Kier molecular flexibility index (Phi) is 7.52. The molecular weight excluding hydrogens is 268 g/mol. The quantitative estimate of drug-likeness (QED) is 0.906.